The lowest BCUT2D eigenvalue weighted by Crippen LogP contribution is -2.56. The Kier molecular flexibility index (Phi) is 5.68. The molecule has 1 fully saturated rings. The average Bonchev–Trinajstić information content (AvgIpc) is 3.74. The van der Waals surface area contributed by atoms with Crippen molar-refractivity contribution in [1.82, 2.24) is 20.5 Å². The Morgan fingerprint density at radius 1 is 0.574 bits per heavy atom. The molecule has 6 aromatic carbocycles. The maximum atomic E-state index is 6.54. The van der Waals surface area contributed by atoms with Crippen LogP contribution in [0.3, 0.4) is 0 Å². The molecule has 8 aromatic rings. The van der Waals surface area contributed by atoms with E-state index < -0.39 is 0 Å². The Hall–Kier alpha value is -5.20. The van der Waals surface area contributed by atoms with Gasteiger partial charge in [0.25, 0.3) is 0 Å². The minimum Gasteiger partial charge on any atom is -0.456 e. The highest BCUT2D eigenvalue weighted by Gasteiger charge is 2.38. The summed E-state index contributed by atoms with van der Waals surface area (Å²) >= 11 is 0. The summed E-state index contributed by atoms with van der Waals surface area (Å²) in [5.74, 6) is 0. The van der Waals surface area contributed by atoms with Gasteiger partial charge in [-0.2, -0.15) is 0 Å². The Morgan fingerprint density at radius 2 is 1.30 bits per heavy atom. The standard InChI is InChI=1S/C42H34N4O/c1-42(2)31-20-9-6-16-28(31)36-32(42)23-24-34-37(36)29-17-7-10-21-33(29)46(34)41-44-39(25-13-4-3-5-14-25)43-40(45-41)30-19-12-18-27-26-15-8-11-22-35(26)47-38(27)30/h3-24,39-41,43-45H,1-2H3. The second kappa shape index (κ2) is 9.90. The zero-order valence-corrected chi connectivity index (χ0v) is 26.3. The molecule has 2 aliphatic rings. The molecule has 1 saturated heterocycles. The van der Waals surface area contributed by atoms with Crippen molar-refractivity contribution in [2.45, 2.75) is 37.9 Å². The van der Waals surface area contributed by atoms with E-state index in [1.807, 2.05) is 12.1 Å². The molecule has 0 bridgehead atoms. The van der Waals surface area contributed by atoms with Crippen molar-refractivity contribution in [2.24, 2.45) is 0 Å². The first kappa shape index (κ1) is 27.0. The van der Waals surface area contributed by atoms with Crippen LogP contribution in [0.1, 0.15) is 54.7 Å². The minimum atomic E-state index is -0.226. The maximum absolute atomic E-state index is 6.54. The smallest absolute Gasteiger partial charge is 0.142 e. The maximum Gasteiger partial charge on any atom is 0.142 e. The van der Waals surface area contributed by atoms with Gasteiger partial charge in [0, 0.05) is 32.5 Å². The molecule has 2 aromatic heterocycles. The van der Waals surface area contributed by atoms with Gasteiger partial charge in [-0.1, -0.05) is 129 Å². The summed E-state index contributed by atoms with van der Waals surface area (Å²) in [7, 11) is 0. The molecule has 0 saturated carbocycles. The summed E-state index contributed by atoms with van der Waals surface area (Å²) in [6, 6.07) is 47.9. The van der Waals surface area contributed by atoms with Gasteiger partial charge in [-0.05, 0) is 46.0 Å². The molecule has 0 amide bonds. The van der Waals surface area contributed by atoms with Crippen LogP contribution in [-0.2, 0) is 5.41 Å². The second-order valence-electron chi connectivity index (χ2n) is 13.4. The topological polar surface area (TPSA) is 54.2 Å². The van der Waals surface area contributed by atoms with E-state index >= 15 is 0 Å². The van der Waals surface area contributed by atoms with Crippen LogP contribution in [0.5, 0.6) is 0 Å². The minimum absolute atomic E-state index is 0.0661. The predicted octanol–water partition coefficient (Wildman–Crippen LogP) is 9.64. The van der Waals surface area contributed by atoms with E-state index in [9.17, 15) is 0 Å². The molecule has 1 aliphatic carbocycles. The molecule has 5 heteroatoms. The van der Waals surface area contributed by atoms with Crippen molar-refractivity contribution in [3.63, 3.8) is 0 Å². The van der Waals surface area contributed by atoms with Gasteiger partial charge in [-0.3, -0.25) is 16.0 Å². The van der Waals surface area contributed by atoms with Crippen molar-refractivity contribution in [1.29, 1.82) is 0 Å². The third-order valence-corrected chi connectivity index (χ3v) is 10.5. The summed E-state index contributed by atoms with van der Waals surface area (Å²) in [5.41, 5.74) is 11.9. The molecule has 0 spiro atoms. The molecule has 10 rings (SSSR count). The highest BCUT2D eigenvalue weighted by molar-refractivity contribution is 6.17. The fraction of sp³-hybridized carbons (Fsp3) is 0.143. The second-order valence-corrected chi connectivity index (χ2v) is 13.4. The molecular weight excluding hydrogens is 576 g/mol. The third-order valence-electron chi connectivity index (χ3n) is 10.5. The predicted molar refractivity (Wildman–Crippen MR) is 191 cm³/mol. The Morgan fingerprint density at radius 3 is 2.19 bits per heavy atom. The lowest BCUT2D eigenvalue weighted by atomic mass is 9.82. The van der Waals surface area contributed by atoms with Gasteiger partial charge in [0.05, 0.1) is 23.4 Å². The van der Waals surface area contributed by atoms with Crippen molar-refractivity contribution in [2.75, 3.05) is 0 Å². The van der Waals surface area contributed by atoms with Crippen molar-refractivity contribution in [3.8, 4) is 11.1 Å². The zero-order valence-electron chi connectivity index (χ0n) is 26.3. The Bertz CT molecular complexity index is 2510. The first-order chi connectivity index (χ1) is 23.1. The number of rotatable bonds is 3. The molecule has 3 N–H and O–H groups in total. The largest absolute Gasteiger partial charge is 0.456 e. The molecule has 3 atom stereocenters. The third kappa shape index (κ3) is 3.82. The van der Waals surface area contributed by atoms with Gasteiger partial charge in [0.15, 0.2) is 0 Å². The fourth-order valence-corrected chi connectivity index (χ4v) is 8.35. The van der Waals surface area contributed by atoms with Crippen molar-refractivity contribution < 1.29 is 4.42 Å². The van der Waals surface area contributed by atoms with Gasteiger partial charge in [-0.15, -0.1) is 0 Å². The zero-order chi connectivity index (χ0) is 31.3. The Labute approximate surface area is 272 Å². The van der Waals surface area contributed by atoms with E-state index in [1.54, 1.807) is 0 Å². The van der Waals surface area contributed by atoms with Crippen molar-refractivity contribution in [3.05, 3.63) is 156 Å². The van der Waals surface area contributed by atoms with Crippen LogP contribution >= 0.6 is 0 Å². The van der Waals surface area contributed by atoms with Gasteiger partial charge in [-0.25, -0.2) is 0 Å². The lowest BCUT2D eigenvalue weighted by molar-refractivity contribution is 0.161. The van der Waals surface area contributed by atoms with E-state index in [2.05, 4.69) is 156 Å². The van der Waals surface area contributed by atoms with Crippen LogP contribution in [0.25, 0.3) is 54.9 Å². The quantitative estimate of drug-likeness (QED) is 0.186. The fourth-order valence-electron chi connectivity index (χ4n) is 8.35. The van der Waals surface area contributed by atoms with Gasteiger partial charge in [0.1, 0.15) is 17.5 Å². The van der Waals surface area contributed by atoms with E-state index in [0.29, 0.717) is 0 Å². The Balaban J connectivity index is 1.20. The number of furan rings is 1. The van der Waals surface area contributed by atoms with Crippen LogP contribution in [0.4, 0.5) is 0 Å². The summed E-state index contributed by atoms with van der Waals surface area (Å²) in [6.45, 7) is 4.71. The van der Waals surface area contributed by atoms with Crippen LogP contribution in [0, 0.1) is 0 Å². The summed E-state index contributed by atoms with van der Waals surface area (Å²) in [5, 5.41) is 16.6. The molecule has 1 aliphatic heterocycles. The number of benzene rings is 6. The van der Waals surface area contributed by atoms with E-state index in [4.69, 9.17) is 4.42 Å². The molecule has 0 radical (unpaired) electrons. The van der Waals surface area contributed by atoms with Crippen LogP contribution in [0.2, 0.25) is 0 Å². The SMILES string of the molecule is CC1(C)c2ccccc2-c2c1ccc1c2c2ccccc2n1C1NC(c2ccccc2)NC(c2cccc3c2oc2ccccc23)N1. The number of para-hydroxylation sites is 3. The highest BCUT2D eigenvalue weighted by atomic mass is 16.3. The number of aromatic nitrogens is 1. The summed E-state index contributed by atoms with van der Waals surface area (Å²) in [4.78, 5) is 0. The number of hydrogen-bond donors (Lipinski definition) is 3. The molecular formula is C42H34N4O. The van der Waals surface area contributed by atoms with Crippen molar-refractivity contribution >= 4 is 43.7 Å². The normalized spacial score (nSPS) is 20.3. The van der Waals surface area contributed by atoms with Crippen LogP contribution < -0.4 is 16.0 Å². The first-order valence-electron chi connectivity index (χ1n) is 16.5. The number of nitrogens with one attached hydrogen (secondary N) is 3. The monoisotopic (exact) mass is 610 g/mol. The average molecular weight is 611 g/mol. The first-order valence-corrected chi connectivity index (χ1v) is 16.5. The number of nitrogens with zero attached hydrogens (tertiary/aromatic N) is 1. The van der Waals surface area contributed by atoms with Gasteiger partial charge >= 0.3 is 0 Å². The van der Waals surface area contributed by atoms with E-state index in [1.165, 1.54) is 49.6 Å². The molecule has 5 nitrogen and oxygen atoms in total. The van der Waals surface area contributed by atoms with E-state index in [-0.39, 0.29) is 24.0 Å². The highest BCUT2D eigenvalue weighted by Crippen LogP contribution is 2.53. The molecule has 3 unspecified atom stereocenters. The molecule has 3 heterocycles. The van der Waals surface area contributed by atoms with E-state index in [0.717, 1.165) is 27.5 Å². The number of hydrogen-bond acceptors (Lipinski definition) is 4. The van der Waals surface area contributed by atoms with Gasteiger partial charge in [0.2, 0.25) is 0 Å². The van der Waals surface area contributed by atoms with Crippen LogP contribution in [-0.4, -0.2) is 4.57 Å². The number of fused-ring (bicyclic) bond motifs is 10. The molecule has 228 valence electrons. The van der Waals surface area contributed by atoms with Gasteiger partial charge < -0.3 is 8.98 Å². The molecule has 47 heavy (non-hydrogen) atoms. The summed E-state index contributed by atoms with van der Waals surface area (Å²) < 4.78 is 9.00. The van der Waals surface area contributed by atoms with Crippen LogP contribution in [0.15, 0.2) is 138 Å². The summed E-state index contributed by atoms with van der Waals surface area (Å²) in [6.07, 6.45) is -0.533. The lowest BCUT2D eigenvalue weighted by Gasteiger charge is -2.40.